The molecule has 5 nitrogen and oxygen atoms in total. The largest absolute Gasteiger partial charge is 0.489 e. The van der Waals surface area contributed by atoms with Gasteiger partial charge in [0.1, 0.15) is 12.4 Å². The predicted octanol–water partition coefficient (Wildman–Crippen LogP) is 4.08. The van der Waals surface area contributed by atoms with E-state index in [4.69, 9.17) is 16.3 Å². The van der Waals surface area contributed by atoms with Gasteiger partial charge in [-0.05, 0) is 59.7 Å². The summed E-state index contributed by atoms with van der Waals surface area (Å²) in [4.78, 5) is 16.0. The van der Waals surface area contributed by atoms with Crippen LogP contribution in [-0.2, 0) is 6.61 Å². The number of benzene rings is 2. The zero-order valence-electron chi connectivity index (χ0n) is 13.8. The maximum absolute atomic E-state index is 12.1. The lowest BCUT2D eigenvalue weighted by Crippen LogP contribution is -2.17. The average molecular weight is 366 g/mol. The van der Waals surface area contributed by atoms with Crippen molar-refractivity contribution in [2.24, 2.45) is 5.10 Å². The highest BCUT2D eigenvalue weighted by atomic mass is 35.5. The van der Waals surface area contributed by atoms with Gasteiger partial charge in [-0.3, -0.25) is 9.78 Å². The molecule has 3 aromatic rings. The number of ether oxygens (including phenoxy) is 1. The number of hydrazone groups is 1. The number of nitrogens with one attached hydrogen (secondary N) is 1. The van der Waals surface area contributed by atoms with Gasteiger partial charge in [0.2, 0.25) is 0 Å². The molecular weight excluding hydrogens is 350 g/mol. The van der Waals surface area contributed by atoms with Crippen LogP contribution >= 0.6 is 11.6 Å². The summed E-state index contributed by atoms with van der Waals surface area (Å²) in [7, 11) is 0. The number of pyridine rings is 1. The SMILES string of the molecule is O=C(N/N=C\c1ccncc1)c1ccc(COc2ccc(Cl)cc2)cc1. The molecule has 3 rings (SSSR count). The molecular formula is C20H16ClN3O2. The fourth-order valence-corrected chi connectivity index (χ4v) is 2.26. The van der Waals surface area contributed by atoms with E-state index in [9.17, 15) is 4.79 Å². The lowest BCUT2D eigenvalue weighted by atomic mass is 10.1. The van der Waals surface area contributed by atoms with E-state index in [1.807, 2.05) is 24.3 Å². The molecule has 0 saturated heterocycles. The Morgan fingerprint density at radius 2 is 1.73 bits per heavy atom. The summed E-state index contributed by atoms with van der Waals surface area (Å²) in [6.07, 6.45) is 4.88. The second kappa shape index (κ2) is 8.78. The summed E-state index contributed by atoms with van der Waals surface area (Å²) in [5.74, 6) is 0.460. The lowest BCUT2D eigenvalue weighted by Gasteiger charge is -2.07. The van der Waals surface area contributed by atoms with Crippen LogP contribution in [0.3, 0.4) is 0 Å². The number of carbonyl (C=O) groups excluding carboxylic acids is 1. The van der Waals surface area contributed by atoms with Gasteiger partial charge in [-0.2, -0.15) is 5.10 Å². The third-order valence-electron chi connectivity index (χ3n) is 3.52. The zero-order valence-corrected chi connectivity index (χ0v) is 14.6. The fourth-order valence-electron chi connectivity index (χ4n) is 2.13. The molecule has 130 valence electrons. The van der Waals surface area contributed by atoms with E-state index in [2.05, 4.69) is 15.5 Å². The van der Waals surface area contributed by atoms with Crippen LogP contribution in [0.1, 0.15) is 21.5 Å². The van der Waals surface area contributed by atoms with E-state index >= 15 is 0 Å². The third-order valence-corrected chi connectivity index (χ3v) is 3.77. The number of hydrogen-bond donors (Lipinski definition) is 1. The summed E-state index contributed by atoms with van der Waals surface area (Å²) in [6, 6.07) is 17.9. The van der Waals surface area contributed by atoms with Crippen molar-refractivity contribution in [1.29, 1.82) is 0 Å². The molecule has 0 spiro atoms. The minimum Gasteiger partial charge on any atom is -0.489 e. The van der Waals surface area contributed by atoms with E-state index in [0.29, 0.717) is 17.2 Å². The lowest BCUT2D eigenvalue weighted by molar-refractivity contribution is 0.0955. The van der Waals surface area contributed by atoms with Gasteiger partial charge in [-0.25, -0.2) is 5.43 Å². The molecule has 0 bridgehead atoms. The quantitative estimate of drug-likeness (QED) is 0.529. The van der Waals surface area contributed by atoms with Crippen molar-refractivity contribution in [3.05, 3.63) is 94.8 Å². The minimum absolute atomic E-state index is 0.277. The first-order chi connectivity index (χ1) is 12.7. The van der Waals surface area contributed by atoms with E-state index < -0.39 is 0 Å². The van der Waals surface area contributed by atoms with E-state index in [-0.39, 0.29) is 5.91 Å². The molecule has 6 heteroatoms. The van der Waals surface area contributed by atoms with Gasteiger partial charge in [-0.1, -0.05) is 23.7 Å². The topological polar surface area (TPSA) is 63.6 Å². The van der Waals surface area contributed by atoms with Crippen LogP contribution in [0.4, 0.5) is 0 Å². The van der Waals surface area contributed by atoms with Crippen molar-refractivity contribution in [1.82, 2.24) is 10.4 Å². The molecule has 0 atom stereocenters. The van der Waals surface area contributed by atoms with Gasteiger partial charge in [-0.15, -0.1) is 0 Å². The Balaban J connectivity index is 1.52. The summed E-state index contributed by atoms with van der Waals surface area (Å²) >= 11 is 5.84. The molecule has 0 saturated carbocycles. The maximum atomic E-state index is 12.1. The number of nitrogens with zero attached hydrogens (tertiary/aromatic N) is 2. The van der Waals surface area contributed by atoms with Crippen LogP contribution in [0.25, 0.3) is 0 Å². The molecule has 0 aliphatic carbocycles. The van der Waals surface area contributed by atoms with Crippen molar-refractivity contribution in [2.45, 2.75) is 6.61 Å². The Morgan fingerprint density at radius 1 is 1.04 bits per heavy atom. The van der Waals surface area contributed by atoms with Gasteiger partial charge in [0.05, 0.1) is 6.21 Å². The molecule has 1 amide bonds. The number of hydrogen-bond acceptors (Lipinski definition) is 4. The van der Waals surface area contributed by atoms with Crippen LogP contribution in [0.2, 0.25) is 5.02 Å². The Bertz CT molecular complexity index is 879. The van der Waals surface area contributed by atoms with E-state index in [1.165, 1.54) is 0 Å². The van der Waals surface area contributed by atoms with Crippen LogP contribution < -0.4 is 10.2 Å². The molecule has 1 N–H and O–H groups in total. The van der Waals surface area contributed by atoms with Gasteiger partial charge in [0, 0.05) is 23.0 Å². The van der Waals surface area contributed by atoms with Crippen LogP contribution in [0, 0.1) is 0 Å². The van der Waals surface area contributed by atoms with Crippen LogP contribution in [-0.4, -0.2) is 17.1 Å². The first-order valence-electron chi connectivity index (χ1n) is 7.91. The molecule has 1 heterocycles. The molecule has 0 aliphatic heterocycles. The Hall–Kier alpha value is -3.18. The smallest absolute Gasteiger partial charge is 0.271 e. The number of rotatable bonds is 6. The number of aromatic nitrogens is 1. The molecule has 0 radical (unpaired) electrons. The average Bonchev–Trinajstić information content (AvgIpc) is 2.69. The van der Waals surface area contributed by atoms with Gasteiger partial charge in [0.25, 0.3) is 5.91 Å². The van der Waals surface area contributed by atoms with Crippen molar-refractivity contribution >= 4 is 23.7 Å². The number of carbonyl (C=O) groups is 1. The second-order valence-electron chi connectivity index (χ2n) is 5.42. The highest BCUT2D eigenvalue weighted by molar-refractivity contribution is 6.30. The highest BCUT2D eigenvalue weighted by Gasteiger charge is 2.04. The zero-order chi connectivity index (χ0) is 18.2. The highest BCUT2D eigenvalue weighted by Crippen LogP contribution is 2.17. The first kappa shape index (κ1) is 17.6. The summed E-state index contributed by atoms with van der Waals surface area (Å²) < 4.78 is 5.67. The summed E-state index contributed by atoms with van der Waals surface area (Å²) in [6.45, 7) is 0.406. The van der Waals surface area contributed by atoms with E-state index in [0.717, 1.165) is 16.9 Å². The number of halogens is 1. The van der Waals surface area contributed by atoms with Crippen LogP contribution in [0.5, 0.6) is 5.75 Å². The van der Waals surface area contributed by atoms with Crippen molar-refractivity contribution in [3.63, 3.8) is 0 Å². The summed E-state index contributed by atoms with van der Waals surface area (Å²) in [5.41, 5.74) is 4.83. The monoisotopic (exact) mass is 365 g/mol. The third kappa shape index (κ3) is 5.16. The van der Waals surface area contributed by atoms with Crippen molar-refractivity contribution < 1.29 is 9.53 Å². The molecule has 0 fully saturated rings. The van der Waals surface area contributed by atoms with Gasteiger partial charge < -0.3 is 4.74 Å². The molecule has 26 heavy (non-hydrogen) atoms. The fraction of sp³-hybridized carbons (Fsp3) is 0.0500. The first-order valence-corrected chi connectivity index (χ1v) is 8.29. The molecule has 1 aromatic heterocycles. The van der Waals surface area contributed by atoms with Crippen LogP contribution in [0.15, 0.2) is 78.2 Å². The predicted molar refractivity (Wildman–Crippen MR) is 102 cm³/mol. The van der Waals surface area contributed by atoms with Gasteiger partial charge in [0.15, 0.2) is 0 Å². The molecule has 0 aliphatic rings. The maximum Gasteiger partial charge on any atom is 0.271 e. The Kier molecular flexibility index (Phi) is 5.96. The summed E-state index contributed by atoms with van der Waals surface area (Å²) in [5, 5.41) is 4.60. The normalized spacial score (nSPS) is 10.7. The van der Waals surface area contributed by atoms with Crippen molar-refractivity contribution in [2.75, 3.05) is 0 Å². The van der Waals surface area contributed by atoms with Crippen molar-refractivity contribution in [3.8, 4) is 5.75 Å². The number of amides is 1. The standard InChI is InChI=1S/C20H16ClN3O2/c21-18-5-7-19(8-6-18)26-14-16-1-3-17(4-2-16)20(25)24-23-13-15-9-11-22-12-10-15/h1-13H,14H2,(H,24,25)/b23-13-. The second-order valence-corrected chi connectivity index (χ2v) is 5.86. The Morgan fingerprint density at radius 3 is 2.42 bits per heavy atom. The molecule has 2 aromatic carbocycles. The van der Waals surface area contributed by atoms with Gasteiger partial charge >= 0.3 is 0 Å². The molecule has 0 unspecified atom stereocenters. The minimum atomic E-state index is -0.277. The Labute approximate surface area is 156 Å². The van der Waals surface area contributed by atoms with E-state index in [1.54, 1.807) is 55.0 Å².